The number of nitrogens with zero attached hydrogens (tertiary/aromatic N) is 5. The van der Waals surface area contributed by atoms with Crippen LogP contribution in [-0.4, -0.2) is 68.8 Å². The van der Waals surface area contributed by atoms with E-state index in [1.807, 2.05) is 23.4 Å². The number of piperazine rings is 1. The molecule has 0 radical (unpaired) electrons. The molecule has 2 amide bonds. The summed E-state index contributed by atoms with van der Waals surface area (Å²) in [5.41, 5.74) is 0. The summed E-state index contributed by atoms with van der Waals surface area (Å²) in [4.78, 5) is 23.8. The van der Waals surface area contributed by atoms with Crippen LogP contribution in [0.15, 0.2) is 30.9 Å². The molecule has 3 rings (SSSR count). The number of aromatic amines is 1. The van der Waals surface area contributed by atoms with Gasteiger partial charge in [-0.1, -0.05) is 0 Å². The second-order valence-corrected chi connectivity index (χ2v) is 5.42. The number of rotatable bonds is 4. The van der Waals surface area contributed by atoms with Crippen LogP contribution in [0.25, 0.3) is 0 Å². The number of imidazole rings is 1. The van der Waals surface area contributed by atoms with E-state index in [1.165, 1.54) is 0 Å². The van der Waals surface area contributed by atoms with Crippen LogP contribution in [0, 0.1) is 0 Å². The first-order chi connectivity index (χ1) is 10.7. The van der Waals surface area contributed by atoms with E-state index in [2.05, 4.69) is 32.3 Å². The fraction of sp³-hybridized carbons (Fsp3) is 0.500. The van der Waals surface area contributed by atoms with Gasteiger partial charge in [0, 0.05) is 51.0 Å². The van der Waals surface area contributed by atoms with Crippen LogP contribution in [0.4, 0.5) is 4.79 Å². The van der Waals surface area contributed by atoms with Crippen molar-refractivity contribution in [1.82, 2.24) is 34.9 Å². The number of hydrogen-bond acceptors (Lipinski definition) is 4. The smallest absolute Gasteiger partial charge is 0.317 e. The lowest BCUT2D eigenvalue weighted by atomic mass is 10.1. The maximum absolute atomic E-state index is 12.3. The Labute approximate surface area is 129 Å². The molecule has 118 valence electrons. The molecule has 2 N–H and O–H groups in total. The minimum absolute atomic E-state index is 0.0307. The van der Waals surface area contributed by atoms with Gasteiger partial charge in [-0.25, -0.2) is 9.78 Å². The predicted molar refractivity (Wildman–Crippen MR) is 81.2 cm³/mol. The predicted octanol–water partition coefficient (Wildman–Crippen LogP) is 0.305. The van der Waals surface area contributed by atoms with Gasteiger partial charge in [0.05, 0.1) is 12.6 Å². The minimum atomic E-state index is -0.0307. The Hall–Kier alpha value is -2.35. The van der Waals surface area contributed by atoms with E-state index in [1.54, 1.807) is 17.1 Å². The Morgan fingerprint density at radius 2 is 2.36 bits per heavy atom. The molecule has 2 aromatic heterocycles. The zero-order valence-corrected chi connectivity index (χ0v) is 12.6. The third-order valence-corrected chi connectivity index (χ3v) is 3.95. The minimum Gasteiger partial charge on any atom is -0.347 e. The van der Waals surface area contributed by atoms with Crippen LogP contribution in [0.3, 0.4) is 0 Å². The van der Waals surface area contributed by atoms with Crippen LogP contribution in [-0.2, 0) is 6.54 Å². The van der Waals surface area contributed by atoms with E-state index in [4.69, 9.17) is 0 Å². The van der Waals surface area contributed by atoms with E-state index < -0.39 is 0 Å². The Morgan fingerprint density at radius 3 is 3.09 bits per heavy atom. The maximum Gasteiger partial charge on any atom is 0.317 e. The third kappa shape index (κ3) is 3.28. The van der Waals surface area contributed by atoms with Crippen molar-refractivity contribution < 1.29 is 4.79 Å². The van der Waals surface area contributed by atoms with E-state index >= 15 is 0 Å². The fourth-order valence-corrected chi connectivity index (χ4v) is 2.64. The Kier molecular flexibility index (Phi) is 4.38. The van der Waals surface area contributed by atoms with Crippen molar-refractivity contribution in [3.8, 4) is 0 Å². The summed E-state index contributed by atoms with van der Waals surface area (Å²) in [7, 11) is 2.06. The summed E-state index contributed by atoms with van der Waals surface area (Å²) in [5, 5.41) is 7.06. The van der Waals surface area contributed by atoms with Gasteiger partial charge in [0.2, 0.25) is 0 Å². The highest BCUT2D eigenvalue weighted by Crippen LogP contribution is 2.20. The van der Waals surface area contributed by atoms with Gasteiger partial charge in [0.15, 0.2) is 0 Å². The summed E-state index contributed by atoms with van der Waals surface area (Å²) in [6, 6.07) is 1.95. The normalized spacial score (nSPS) is 19.3. The number of urea groups is 1. The summed E-state index contributed by atoms with van der Waals surface area (Å²) < 4.78 is 1.80. The van der Waals surface area contributed by atoms with Gasteiger partial charge in [0.1, 0.15) is 5.82 Å². The molecule has 0 aromatic carbocycles. The van der Waals surface area contributed by atoms with E-state index in [9.17, 15) is 4.79 Å². The number of amides is 2. The van der Waals surface area contributed by atoms with Gasteiger partial charge in [-0.2, -0.15) is 5.10 Å². The SMILES string of the molecule is CN1CCN(C(=O)NCCn2cccn2)CC1c1ncc[nH]1. The standard InChI is InChI=1S/C14H21N7O/c1-19-9-10-20(11-12(19)13-15-4-5-16-13)14(22)17-6-8-21-7-2-3-18-21/h2-5,7,12H,6,8-11H2,1H3,(H,15,16)(H,17,22). The number of carbonyl (C=O) groups is 1. The third-order valence-electron chi connectivity index (χ3n) is 3.95. The van der Waals surface area contributed by atoms with Crippen molar-refractivity contribution in [3.63, 3.8) is 0 Å². The van der Waals surface area contributed by atoms with Crippen molar-refractivity contribution in [1.29, 1.82) is 0 Å². The molecular formula is C14H21N7O. The van der Waals surface area contributed by atoms with Crippen molar-refractivity contribution in [3.05, 3.63) is 36.7 Å². The van der Waals surface area contributed by atoms with Gasteiger partial charge >= 0.3 is 6.03 Å². The van der Waals surface area contributed by atoms with Gasteiger partial charge in [-0.3, -0.25) is 9.58 Å². The summed E-state index contributed by atoms with van der Waals surface area (Å²) in [5.74, 6) is 0.900. The molecule has 1 aliphatic heterocycles. The van der Waals surface area contributed by atoms with Crippen molar-refractivity contribution in [2.75, 3.05) is 33.2 Å². The molecule has 1 aliphatic rings. The second kappa shape index (κ2) is 6.61. The number of nitrogens with one attached hydrogen (secondary N) is 2. The zero-order valence-electron chi connectivity index (χ0n) is 12.6. The monoisotopic (exact) mass is 303 g/mol. The van der Waals surface area contributed by atoms with E-state index in [0.29, 0.717) is 19.6 Å². The van der Waals surface area contributed by atoms with Crippen LogP contribution >= 0.6 is 0 Å². The van der Waals surface area contributed by atoms with Gasteiger partial charge in [-0.15, -0.1) is 0 Å². The fourth-order valence-electron chi connectivity index (χ4n) is 2.64. The summed E-state index contributed by atoms with van der Waals surface area (Å²) in [6.07, 6.45) is 7.17. The quantitative estimate of drug-likeness (QED) is 0.851. The van der Waals surface area contributed by atoms with Gasteiger partial charge in [-0.05, 0) is 13.1 Å². The largest absolute Gasteiger partial charge is 0.347 e. The highest BCUT2D eigenvalue weighted by molar-refractivity contribution is 5.74. The Balaban J connectivity index is 1.52. The molecule has 1 unspecified atom stereocenters. The summed E-state index contributed by atoms with van der Waals surface area (Å²) >= 11 is 0. The second-order valence-electron chi connectivity index (χ2n) is 5.42. The number of H-pyrrole nitrogens is 1. The lowest BCUT2D eigenvalue weighted by Gasteiger charge is -2.38. The molecular weight excluding hydrogens is 282 g/mol. The first-order valence-corrected chi connectivity index (χ1v) is 7.44. The highest BCUT2D eigenvalue weighted by Gasteiger charge is 2.29. The van der Waals surface area contributed by atoms with E-state index in [-0.39, 0.29) is 12.1 Å². The maximum atomic E-state index is 12.3. The molecule has 22 heavy (non-hydrogen) atoms. The van der Waals surface area contributed by atoms with Crippen LogP contribution in [0.1, 0.15) is 11.9 Å². The number of aromatic nitrogens is 4. The first-order valence-electron chi connectivity index (χ1n) is 7.44. The molecule has 8 heteroatoms. The topological polar surface area (TPSA) is 82.1 Å². The Bertz CT molecular complexity index is 580. The zero-order chi connectivity index (χ0) is 15.4. The van der Waals surface area contributed by atoms with Crippen LogP contribution in [0.5, 0.6) is 0 Å². The molecule has 2 aromatic rings. The molecule has 0 spiro atoms. The molecule has 1 atom stereocenters. The van der Waals surface area contributed by atoms with Crippen molar-refractivity contribution >= 4 is 6.03 Å². The lowest BCUT2D eigenvalue weighted by molar-refractivity contribution is 0.106. The lowest BCUT2D eigenvalue weighted by Crippen LogP contribution is -2.52. The van der Waals surface area contributed by atoms with Crippen LogP contribution in [0.2, 0.25) is 0 Å². The van der Waals surface area contributed by atoms with Crippen molar-refractivity contribution in [2.24, 2.45) is 0 Å². The molecule has 0 saturated carbocycles. The molecule has 0 aliphatic carbocycles. The molecule has 3 heterocycles. The Morgan fingerprint density at radius 1 is 1.45 bits per heavy atom. The number of carbonyl (C=O) groups excluding carboxylic acids is 1. The first kappa shape index (κ1) is 14.6. The molecule has 8 nitrogen and oxygen atoms in total. The van der Waals surface area contributed by atoms with E-state index in [0.717, 1.165) is 18.9 Å². The van der Waals surface area contributed by atoms with Crippen molar-refractivity contribution in [2.45, 2.75) is 12.6 Å². The van der Waals surface area contributed by atoms with Gasteiger partial charge in [0.25, 0.3) is 0 Å². The van der Waals surface area contributed by atoms with Crippen LogP contribution < -0.4 is 5.32 Å². The molecule has 0 bridgehead atoms. The highest BCUT2D eigenvalue weighted by atomic mass is 16.2. The molecule has 1 fully saturated rings. The molecule has 1 saturated heterocycles. The number of likely N-dealkylation sites (N-methyl/N-ethyl adjacent to an activating group) is 1. The number of hydrogen-bond donors (Lipinski definition) is 2. The van der Waals surface area contributed by atoms with Gasteiger partial charge < -0.3 is 15.2 Å². The average Bonchev–Trinajstić information content (AvgIpc) is 3.21. The summed E-state index contributed by atoms with van der Waals surface area (Å²) in [6.45, 7) is 3.43. The average molecular weight is 303 g/mol.